The van der Waals surface area contributed by atoms with Crippen LogP contribution in [0.2, 0.25) is 0 Å². The number of anilines is 1. The van der Waals surface area contributed by atoms with Gasteiger partial charge in [-0.25, -0.2) is 4.98 Å². The van der Waals surface area contributed by atoms with E-state index in [1.54, 1.807) is 6.92 Å². The predicted octanol–water partition coefficient (Wildman–Crippen LogP) is 2.32. The molecule has 6 heteroatoms. The zero-order valence-electron chi connectivity index (χ0n) is 16.1. The Kier molecular flexibility index (Phi) is 6.48. The van der Waals surface area contributed by atoms with Crippen LogP contribution in [0.15, 0.2) is 12.1 Å². The highest BCUT2D eigenvalue weighted by atomic mass is 16.1. The molecular weight excluding hydrogens is 326 g/mol. The Morgan fingerprint density at radius 1 is 1.15 bits per heavy atom. The highest BCUT2D eigenvalue weighted by Gasteiger charge is 2.26. The van der Waals surface area contributed by atoms with E-state index >= 15 is 0 Å². The van der Waals surface area contributed by atoms with Gasteiger partial charge in [0.05, 0.1) is 11.7 Å². The summed E-state index contributed by atoms with van der Waals surface area (Å²) in [6.07, 6.45) is 8.58. The SMILES string of the molecule is Cc1ccc(C(=O)NC(C)N)c(N2CCC(NC3CCCCC3)CC2)n1. The Morgan fingerprint density at radius 3 is 2.46 bits per heavy atom. The average molecular weight is 360 g/mol. The molecular formula is C20H33N5O. The fraction of sp³-hybridized carbons (Fsp3) is 0.700. The summed E-state index contributed by atoms with van der Waals surface area (Å²) >= 11 is 0. The lowest BCUT2D eigenvalue weighted by molar-refractivity contribution is 0.0941. The monoisotopic (exact) mass is 359 g/mol. The molecule has 0 bridgehead atoms. The van der Waals surface area contributed by atoms with Gasteiger partial charge in [-0.2, -0.15) is 0 Å². The number of nitrogens with two attached hydrogens (primary N) is 1. The minimum absolute atomic E-state index is 0.148. The van der Waals surface area contributed by atoms with Crippen molar-refractivity contribution in [3.63, 3.8) is 0 Å². The second kappa shape index (κ2) is 8.82. The van der Waals surface area contributed by atoms with E-state index in [0.717, 1.165) is 37.4 Å². The first-order valence-corrected chi connectivity index (χ1v) is 10.1. The van der Waals surface area contributed by atoms with E-state index in [1.807, 2.05) is 19.1 Å². The van der Waals surface area contributed by atoms with Crippen molar-refractivity contribution in [1.29, 1.82) is 0 Å². The molecule has 1 aromatic heterocycles. The largest absolute Gasteiger partial charge is 0.356 e. The molecule has 26 heavy (non-hydrogen) atoms. The molecule has 1 saturated heterocycles. The summed E-state index contributed by atoms with van der Waals surface area (Å²) in [5.74, 6) is 0.643. The van der Waals surface area contributed by atoms with Crippen LogP contribution in [0.4, 0.5) is 5.82 Å². The van der Waals surface area contributed by atoms with E-state index in [9.17, 15) is 4.79 Å². The number of hydrogen-bond acceptors (Lipinski definition) is 5. The summed E-state index contributed by atoms with van der Waals surface area (Å²) in [5, 5.41) is 6.64. The van der Waals surface area contributed by atoms with Gasteiger partial charge in [0.2, 0.25) is 0 Å². The Morgan fingerprint density at radius 2 is 1.81 bits per heavy atom. The fourth-order valence-electron chi connectivity index (χ4n) is 4.11. The molecule has 3 rings (SSSR count). The van der Waals surface area contributed by atoms with E-state index < -0.39 is 0 Å². The third-order valence-corrected chi connectivity index (χ3v) is 5.49. The Bertz CT molecular complexity index is 604. The van der Waals surface area contributed by atoms with Crippen molar-refractivity contribution < 1.29 is 4.79 Å². The van der Waals surface area contributed by atoms with Crippen LogP contribution < -0.4 is 21.3 Å². The van der Waals surface area contributed by atoms with Gasteiger partial charge in [0.15, 0.2) is 0 Å². The molecule has 1 aliphatic carbocycles. The van der Waals surface area contributed by atoms with E-state index in [2.05, 4.69) is 20.5 Å². The molecule has 1 saturated carbocycles. The molecule has 1 amide bonds. The first-order chi connectivity index (χ1) is 12.5. The van der Waals surface area contributed by atoms with E-state index in [0.29, 0.717) is 17.6 Å². The maximum absolute atomic E-state index is 12.5. The Balaban J connectivity index is 1.63. The number of aryl methyl sites for hydroxylation is 1. The first kappa shape index (κ1) is 19.1. The number of pyridine rings is 1. The van der Waals surface area contributed by atoms with Gasteiger partial charge >= 0.3 is 0 Å². The molecule has 2 aliphatic rings. The minimum Gasteiger partial charge on any atom is -0.356 e. The number of nitrogens with zero attached hydrogens (tertiary/aromatic N) is 2. The van der Waals surface area contributed by atoms with Gasteiger partial charge in [-0.3, -0.25) is 4.79 Å². The van der Waals surface area contributed by atoms with Crippen molar-refractivity contribution in [3.8, 4) is 0 Å². The number of amides is 1. The molecule has 2 fully saturated rings. The van der Waals surface area contributed by atoms with Crippen LogP contribution in [0.25, 0.3) is 0 Å². The van der Waals surface area contributed by atoms with Crippen molar-refractivity contribution in [2.45, 2.75) is 77.0 Å². The van der Waals surface area contributed by atoms with Gasteiger partial charge in [0, 0.05) is 30.9 Å². The van der Waals surface area contributed by atoms with E-state index in [1.165, 1.54) is 32.1 Å². The van der Waals surface area contributed by atoms with Crippen LogP contribution in [0, 0.1) is 6.92 Å². The lowest BCUT2D eigenvalue weighted by Crippen LogP contribution is -2.47. The summed E-state index contributed by atoms with van der Waals surface area (Å²) in [7, 11) is 0. The quantitative estimate of drug-likeness (QED) is 0.703. The number of aromatic nitrogens is 1. The molecule has 1 atom stereocenters. The Labute approximate surface area is 156 Å². The molecule has 1 aromatic rings. The molecule has 0 radical (unpaired) electrons. The zero-order chi connectivity index (χ0) is 18.5. The number of carbonyl (C=O) groups excluding carboxylic acids is 1. The number of nitrogens with one attached hydrogen (secondary N) is 2. The van der Waals surface area contributed by atoms with Crippen LogP contribution in [-0.2, 0) is 0 Å². The van der Waals surface area contributed by atoms with E-state index in [4.69, 9.17) is 5.73 Å². The lowest BCUT2D eigenvalue weighted by Gasteiger charge is -2.36. The summed E-state index contributed by atoms with van der Waals surface area (Å²) in [5.41, 5.74) is 7.27. The molecule has 1 unspecified atom stereocenters. The predicted molar refractivity (Wildman–Crippen MR) is 105 cm³/mol. The number of carbonyl (C=O) groups is 1. The van der Waals surface area contributed by atoms with E-state index in [-0.39, 0.29) is 12.1 Å². The summed E-state index contributed by atoms with van der Waals surface area (Å²) in [4.78, 5) is 19.4. The number of rotatable bonds is 5. The minimum atomic E-state index is -0.373. The van der Waals surface area contributed by atoms with Crippen molar-refractivity contribution in [1.82, 2.24) is 15.6 Å². The molecule has 2 heterocycles. The first-order valence-electron chi connectivity index (χ1n) is 10.1. The summed E-state index contributed by atoms with van der Waals surface area (Å²) in [6, 6.07) is 5.03. The van der Waals surface area contributed by atoms with Crippen molar-refractivity contribution in [2.24, 2.45) is 5.73 Å². The zero-order valence-corrected chi connectivity index (χ0v) is 16.1. The normalized spacial score (nSPS) is 20.8. The average Bonchev–Trinajstić information content (AvgIpc) is 2.62. The van der Waals surface area contributed by atoms with Crippen LogP contribution in [-0.4, -0.2) is 42.2 Å². The van der Waals surface area contributed by atoms with Gasteiger partial charge in [-0.1, -0.05) is 19.3 Å². The Hall–Kier alpha value is -1.66. The third-order valence-electron chi connectivity index (χ3n) is 5.49. The number of hydrogen-bond donors (Lipinski definition) is 3. The standard InChI is InChI=1S/C20H33N5O/c1-14-8-9-18(20(26)23-15(2)21)19(22-14)25-12-10-17(11-13-25)24-16-6-4-3-5-7-16/h8-9,15-17,24H,3-7,10-13,21H2,1-2H3,(H,23,26). The summed E-state index contributed by atoms with van der Waals surface area (Å²) < 4.78 is 0. The highest BCUT2D eigenvalue weighted by molar-refractivity contribution is 5.99. The fourth-order valence-corrected chi connectivity index (χ4v) is 4.11. The maximum atomic E-state index is 12.5. The molecule has 4 N–H and O–H groups in total. The highest BCUT2D eigenvalue weighted by Crippen LogP contribution is 2.25. The maximum Gasteiger partial charge on any atom is 0.256 e. The second-order valence-corrected chi connectivity index (χ2v) is 7.85. The van der Waals surface area contributed by atoms with Crippen molar-refractivity contribution in [2.75, 3.05) is 18.0 Å². The molecule has 6 nitrogen and oxygen atoms in total. The molecule has 0 aromatic carbocycles. The van der Waals surface area contributed by atoms with Crippen LogP contribution in [0.5, 0.6) is 0 Å². The second-order valence-electron chi connectivity index (χ2n) is 7.85. The smallest absolute Gasteiger partial charge is 0.256 e. The molecule has 1 aliphatic heterocycles. The van der Waals surface area contributed by atoms with Gasteiger partial charge in [0.25, 0.3) is 5.91 Å². The topological polar surface area (TPSA) is 83.3 Å². The van der Waals surface area contributed by atoms with Crippen molar-refractivity contribution in [3.05, 3.63) is 23.4 Å². The number of piperidine rings is 1. The van der Waals surface area contributed by atoms with Crippen LogP contribution >= 0.6 is 0 Å². The van der Waals surface area contributed by atoms with Gasteiger partial charge in [-0.15, -0.1) is 0 Å². The van der Waals surface area contributed by atoms with Gasteiger partial charge in [-0.05, 0) is 51.7 Å². The van der Waals surface area contributed by atoms with Gasteiger partial charge in [0.1, 0.15) is 5.82 Å². The lowest BCUT2D eigenvalue weighted by atomic mass is 9.93. The molecule has 144 valence electrons. The van der Waals surface area contributed by atoms with Gasteiger partial charge < -0.3 is 21.3 Å². The van der Waals surface area contributed by atoms with Crippen LogP contribution in [0.3, 0.4) is 0 Å². The third kappa shape index (κ3) is 4.95. The molecule has 0 spiro atoms. The summed E-state index contributed by atoms with van der Waals surface area (Å²) in [6.45, 7) is 5.59. The van der Waals surface area contributed by atoms with Crippen molar-refractivity contribution >= 4 is 11.7 Å². The van der Waals surface area contributed by atoms with Crippen LogP contribution in [0.1, 0.15) is 67.9 Å².